The van der Waals surface area contributed by atoms with Crippen molar-refractivity contribution in [3.05, 3.63) is 53.3 Å². The molecular weight excluding hydrogens is 286 g/mol. The summed E-state index contributed by atoms with van der Waals surface area (Å²) in [7, 11) is 0. The fourth-order valence-corrected chi connectivity index (χ4v) is 2.64. The Bertz CT molecular complexity index is 668. The van der Waals surface area contributed by atoms with E-state index in [0.717, 1.165) is 37.1 Å². The van der Waals surface area contributed by atoms with E-state index in [1.165, 1.54) is 11.1 Å². The Labute approximate surface area is 137 Å². The van der Waals surface area contributed by atoms with Crippen LogP contribution < -0.4 is 10.6 Å². The van der Waals surface area contributed by atoms with Gasteiger partial charge in [-0.05, 0) is 48.9 Å². The van der Waals surface area contributed by atoms with Crippen molar-refractivity contribution in [3.8, 4) is 0 Å². The molecule has 0 saturated heterocycles. The molecule has 1 aromatic heterocycles. The molecule has 2 N–H and O–H groups in total. The molecule has 0 bridgehead atoms. The van der Waals surface area contributed by atoms with Gasteiger partial charge in [0.15, 0.2) is 0 Å². The maximum Gasteiger partial charge on any atom is 0.270 e. The standard InChI is InChI=1S/C19H23N3O/c1-3-13-6-5-7-14(4-2)18(13)21-16-10-11-17(20-12-16)19(23)22-15-8-9-15/h5-7,10-12,15,21H,3-4,8-9H2,1-2H3,(H,22,23). The van der Waals surface area contributed by atoms with E-state index in [2.05, 4.69) is 47.7 Å². The van der Waals surface area contributed by atoms with Crippen LogP contribution in [0.1, 0.15) is 48.3 Å². The van der Waals surface area contributed by atoms with E-state index in [9.17, 15) is 4.79 Å². The number of carbonyl (C=O) groups is 1. The molecule has 23 heavy (non-hydrogen) atoms. The molecule has 0 unspecified atom stereocenters. The fraction of sp³-hybridized carbons (Fsp3) is 0.368. The molecule has 1 aliphatic rings. The molecule has 2 aromatic rings. The lowest BCUT2D eigenvalue weighted by Crippen LogP contribution is -2.26. The predicted octanol–water partition coefficient (Wildman–Crippen LogP) is 3.84. The van der Waals surface area contributed by atoms with Crippen LogP contribution in [0, 0.1) is 0 Å². The number of nitrogens with zero attached hydrogens (tertiary/aromatic N) is 1. The molecule has 1 saturated carbocycles. The first-order chi connectivity index (χ1) is 11.2. The average Bonchev–Trinajstić information content (AvgIpc) is 3.39. The topological polar surface area (TPSA) is 54.0 Å². The van der Waals surface area contributed by atoms with Gasteiger partial charge in [-0.25, -0.2) is 4.98 Å². The highest BCUT2D eigenvalue weighted by atomic mass is 16.2. The number of aryl methyl sites for hydroxylation is 2. The SMILES string of the molecule is CCc1cccc(CC)c1Nc1ccc(C(=O)NC2CC2)nc1. The average molecular weight is 309 g/mol. The summed E-state index contributed by atoms with van der Waals surface area (Å²) in [5.74, 6) is -0.0812. The maximum absolute atomic E-state index is 12.0. The number of nitrogens with one attached hydrogen (secondary N) is 2. The summed E-state index contributed by atoms with van der Waals surface area (Å²) in [4.78, 5) is 16.3. The van der Waals surface area contributed by atoms with Crippen molar-refractivity contribution in [1.29, 1.82) is 0 Å². The first-order valence-electron chi connectivity index (χ1n) is 8.36. The number of para-hydroxylation sites is 1. The molecular formula is C19H23N3O. The Balaban J connectivity index is 1.76. The molecule has 1 heterocycles. The molecule has 0 aliphatic heterocycles. The lowest BCUT2D eigenvalue weighted by atomic mass is 10.0. The maximum atomic E-state index is 12.0. The molecule has 1 aromatic carbocycles. The van der Waals surface area contributed by atoms with Crippen LogP contribution in [0.4, 0.5) is 11.4 Å². The highest BCUT2D eigenvalue weighted by Crippen LogP contribution is 2.26. The Kier molecular flexibility index (Phi) is 4.60. The van der Waals surface area contributed by atoms with Gasteiger partial charge < -0.3 is 10.6 Å². The summed E-state index contributed by atoms with van der Waals surface area (Å²) in [5.41, 5.74) is 5.12. The number of aromatic nitrogens is 1. The summed E-state index contributed by atoms with van der Waals surface area (Å²) in [6, 6.07) is 10.4. The van der Waals surface area contributed by atoms with Crippen LogP contribution >= 0.6 is 0 Å². The minimum absolute atomic E-state index is 0.0812. The minimum Gasteiger partial charge on any atom is -0.354 e. The molecule has 0 spiro atoms. The molecule has 0 radical (unpaired) electrons. The number of anilines is 2. The smallest absolute Gasteiger partial charge is 0.270 e. The van der Waals surface area contributed by atoms with E-state index in [1.807, 2.05) is 6.07 Å². The lowest BCUT2D eigenvalue weighted by Gasteiger charge is -2.15. The summed E-state index contributed by atoms with van der Waals surface area (Å²) in [6.45, 7) is 4.31. The van der Waals surface area contributed by atoms with Crippen molar-refractivity contribution in [1.82, 2.24) is 10.3 Å². The van der Waals surface area contributed by atoms with Gasteiger partial charge >= 0.3 is 0 Å². The van der Waals surface area contributed by atoms with Crippen molar-refractivity contribution in [2.24, 2.45) is 0 Å². The zero-order valence-electron chi connectivity index (χ0n) is 13.7. The number of rotatable bonds is 6. The van der Waals surface area contributed by atoms with Gasteiger partial charge in [0.05, 0.1) is 11.9 Å². The van der Waals surface area contributed by atoms with Crippen molar-refractivity contribution >= 4 is 17.3 Å². The summed E-state index contributed by atoms with van der Waals surface area (Å²) in [6.07, 6.45) is 5.85. The molecule has 3 rings (SSSR count). The van der Waals surface area contributed by atoms with Crippen LogP contribution in [0.15, 0.2) is 36.5 Å². The molecule has 4 heteroatoms. The second-order valence-electron chi connectivity index (χ2n) is 5.96. The van der Waals surface area contributed by atoms with Crippen molar-refractivity contribution in [2.45, 2.75) is 45.6 Å². The zero-order chi connectivity index (χ0) is 16.2. The third-order valence-corrected chi connectivity index (χ3v) is 4.18. The van der Waals surface area contributed by atoms with E-state index in [0.29, 0.717) is 11.7 Å². The highest BCUT2D eigenvalue weighted by Gasteiger charge is 2.24. The van der Waals surface area contributed by atoms with Crippen molar-refractivity contribution < 1.29 is 4.79 Å². The van der Waals surface area contributed by atoms with E-state index in [1.54, 1.807) is 12.3 Å². The minimum atomic E-state index is -0.0812. The van der Waals surface area contributed by atoms with Gasteiger partial charge in [0, 0.05) is 11.7 Å². The van der Waals surface area contributed by atoms with Gasteiger partial charge in [-0.1, -0.05) is 32.0 Å². The first kappa shape index (κ1) is 15.5. The zero-order valence-corrected chi connectivity index (χ0v) is 13.7. The number of pyridine rings is 1. The van der Waals surface area contributed by atoms with Crippen LogP contribution in [-0.4, -0.2) is 16.9 Å². The van der Waals surface area contributed by atoms with Crippen LogP contribution in [0.2, 0.25) is 0 Å². The van der Waals surface area contributed by atoms with E-state index < -0.39 is 0 Å². The summed E-state index contributed by atoms with van der Waals surface area (Å²) >= 11 is 0. The predicted molar refractivity (Wildman–Crippen MR) is 93.2 cm³/mol. The highest BCUT2D eigenvalue weighted by molar-refractivity contribution is 5.92. The number of hydrogen-bond acceptors (Lipinski definition) is 3. The molecule has 0 atom stereocenters. The summed E-state index contributed by atoms with van der Waals surface area (Å²) in [5, 5.41) is 6.42. The molecule has 120 valence electrons. The Hall–Kier alpha value is -2.36. The third kappa shape index (κ3) is 3.70. The molecule has 1 aliphatic carbocycles. The van der Waals surface area contributed by atoms with Crippen molar-refractivity contribution in [3.63, 3.8) is 0 Å². The van der Waals surface area contributed by atoms with E-state index >= 15 is 0 Å². The van der Waals surface area contributed by atoms with Crippen LogP contribution in [0.3, 0.4) is 0 Å². The number of benzene rings is 1. The normalized spacial score (nSPS) is 13.7. The van der Waals surface area contributed by atoms with Gasteiger partial charge in [-0.2, -0.15) is 0 Å². The van der Waals surface area contributed by atoms with Crippen LogP contribution in [-0.2, 0) is 12.8 Å². The number of carbonyl (C=O) groups excluding carboxylic acids is 1. The van der Waals surface area contributed by atoms with Gasteiger partial charge in [-0.15, -0.1) is 0 Å². The van der Waals surface area contributed by atoms with Gasteiger partial charge in [0.1, 0.15) is 5.69 Å². The van der Waals surface area contributed by atoms with Crippen LogP contribution in [0.5, 0.6) is 0 Å². The van der Waals surface area contributed by atoms with E-state index in [-0.39, 0.29) is 5.91 Å². The third-order valence-electron chi connectivity index (χ3n) is 4.18. The lowest BCUT2D eigenvalue weighted by molar-refractivity contribution is 0.0946. The van der Waals surface area contributed by atoms with E-state index in [4.69, 9.17) is 0 Å². The fourth-order valence-electron chi connectivity index (χ4n) is 2.64. The molecule has 1 fully saturated rings. The van der Waals surface area contributed by atoms with Crippen LogP contribution in [0.25, 0.3) is 0 Å². The second-order valence-corrected chi connectivity index (χ2v) is 5.96. The van der Waals surface area contributed by atoms with Crippen molar-refractivity contribution in [2.75, 3.05) is 5.32 Å². The van der Waals surface area contributed by atoms with Gasteiger partial charge in [-0.3, -0.25) is 4.79 Å². The second kappa shape index (κ2) is 6.82. The van der Waals surface area contributed by atoms with Gasteiger partial charge in [0.2, 0.25) is 0 Å². The molecule has 1 amide bonds. The quantitative estimate of drug-likeness (QED) is 0.852. The molecule has 4 nitrogen and oxygen atoms in total. The van der Waals surface area contributed by atoms with Gasteiger partial charge in [0.25, 0.3) is 5.91 Å². The largest absolute Gasteiger partial charge is 0.354 e. The summed E-state index contributed by atoms with van der Waals surface area (Å²) < 4.78 is 0. The Morgan fingerprint density at radius 2 is 1.83 bits per heavy atom. The number of amides is 1. The Morgan fingerprint density at radius 1 is 1.13 bits per heavy atom. The monoisotopic (exact) mass is 309 g/mol. The number of hydrogen-bond donors (Lipinski definition) is 2. The Morgan fingerprint density at radius 3 is 2.35 bits per heavy atom. The first-order valence-corrected chi connectivity index (χ1v) is 8.36.